The average molecular weight is 317 g/mol. The molecular weight excluding hydrogens is 303 g/mol. The number of aliphatic hydroxyl groups excluding tert-OH is 1. The number of alkyl halides is 3. The smallest absolute Gasteiger partial charge is 0.406 e. The summed E-state index contributed by atoms with van der Waals surface area (Å²) in [7, 11) is 0. The lowest BCUT2D eigenvalue weighted by Gasteiger charge is -2.11. The molecule has 0 aliphatic heterocycles. The van der Waals surface area contributed by atoms with Crippen molar-refractivity contribution < 1.29 is 23.0 Å². The number of halogens is 3. The van der Waals surface area contributed by atoms with Gasteiger partial charge in [-0.1, -0.05) is 12.1 Å². The summed E-state index contributed by atoms with van der Waals surface area (Å²) in [6.45, 7) is 1.88. The predicted octanol–water partition coefficient (Wildman–Crippen LogP) is 3.50. The van der Waals surface area contributed by atoms with E-state index in [9.17, 15) is 18.3 Å². The monoisotopic (exact) mass is 317 g/mol. The number of aliphatic hydroxyl groups is 1. The van der Waals surface area contributed by atoms with Crippen LogP contribution in [0.25, 0.3) is 0 Å². The lowest BCUT2D eigenvalue weighted by atomic mass is 10.1. The molecule has 0 radical (unpaired) electrons. The summed E-state index contributed by atoms with van der Waals surface area (Å²) in [5, 5.41) is 12.7. The highest BCUT2D eigenvalue weighted by molar-refractivity contribution is 7.09. The van der Waals surface area contributed by atoms with Crippen LogP contribution >= 0.6 is 11.3 Å². The van der Waals surface area contributed by atoms with E-state index < -0.39 is 12.5 Å². The van der Waals surface area contributed by atoms with Crippen LogP contribution in [0.1, 0.15) is 16.3 Å². The Labute approximate surface area is 124 Å². The second-order valence-electron chi connectivity index (χ2n) is 4.64. The zero-order chi connectivity index (χ0) is 15.5. The molecule has 0 bridgehead atoms. The van der Waals surface area contributed by atoms with Gasteiger partial charge in [-0.3, -0.25) is 0 Å². The van der Waals surface area contributed by atoms with Gasteiger partial charge in [-0.15, -0.1) is 24.5 Å². The number of thiazole rings is 1. The minimum absolute atomic E-state index is 0.267. The second-order valence-corrected chi connectivity index (χ2v) is 5.58. The number of ether oxygens (including phenoxy) is 1. The Morgan fingerprint density at radius 3 is 2.43 bits per heavy atom. The van der Waals surface area contributed by atoms with Gasteiger partial charge in [0.05, 0.1) is 11.1 Å². The SMILES string of the molecule is Cc1csc(CC(O)Cc2ccc(OC(F)(F)F)cc2)n1. The number of benzene rings is 1. The van der Waals surface area contributed by atoms with Crippen LogP contribution in [0.2, 0.25) is 0 Å². The maximum absolute atomic E-state index is 12.0. The highest BCUT2D eigenvalue weighted by Crippen LogP contribution is 2.23. The van der Waals surface area contributed by atoms with Crippen molar-refractivity contribution >= 4 is 11.3 Å². The molecular formula is C14H14F3NO2S. The summed E-state index contributed by atoms with van der Waals surface area (Å²) < 4.78 is 39.9. The van der Waals surface area contributed by atoms with Gasteiger partial charge in [0.25, 0.3) is 0 Å². The van der Waals surface area contributed by atoms with Gasteiger partial charge >= 0.3 is 6.36 Å². The van der Waals surface area contributed by atoms with Gasteiger partial charge in [0.15, 0.2) is 0 Å². The fourth-order valence-corrected chi connectivity index (χ4v) is 2.71. The van der Waals surface area contributed by atoms with Crippen molar-refractivity contribution in [2.24, 2.45) is 0 Å². The molecule has 0 aliphatic carbocycles. The Hall–Kier alpha value is -1.60. The first-order valence-corrected chi connectivity index (χ1v) is 7.13. The molecule has 1 heterocycles. The van der Waals surface area contributed by atoms with Gasteiger partial charge in [-0.05, 0) is 31.0 Å². The molecule has 2 rings (SSSR count). The minimum atomic E-state index is -4.69. The first-order valence-electron chi connectivity index (χ1n) is 6.25. The molecule has 1 aromatic heterocycles. The van der Waals surface area contributed by atoms with E-state index in [1.54, 1.807) is 0 Å². The fraction of sp³-hybridized carbons (Fsp3) is 0.357. The van der Waals surface area contributed by atoms with Crippen LogP contribution < -0.4 is 4.74 Å². The molecule has 2 aromatic rings. The normalized spacial score (nSPS) is 13.2. The van der Waals surface area contributed by atoms with Crippen molar-refractivity contribution in [1.82, 2.24) is 4.98 Å². The first-order chi connectivity index (χ1) is 9.82. The molecule has 1 N–H and O–H groups in total. The number of hydrogen-bond acceptors (Lipinski definition) is 4. The van der Waals surface area contributed by atoms with Crippen LogP contribution in [0.15, 0.2) is 29.6 Å². The second kappa shape index (κ2) is 6.44. The standard InChI is InChI=1S/C14H14F3NO2S/c1-9-8-21-13(18-9)7-11(19)6-10-2-4-12(5-3-10)20-14(15,16)17/h2-5,8,11,19H,6-7H2,1H3. The maximum Gasteiger partial charge on any atom is 0.573 e. The van der Waals surface area contributed by atoms with Gasteiger partial charge in [0.2, 0.25) is 0 Å². The molecule has 0 saturated carbocycles. The quantitative estimate of drug-likeness (QED) is 0.918. The van der Waals surface area contributed by atoms with E-state index in [-0.39, 0.29) is 5.75 Å². The molecule has 0 aliphatic rings. The van der Waals surface area contributed by atoms with Crippen LogP contribution in [0.4, 0.5) is 13.2 Å². The lowest BCUT2D eigenvalue weighted by molar-refractivity contribution is -0.274. The third kappa shape index (κ3) is 5.35. The molecule has 1 unspecified atom stereocenters. The van der Waals surface area contributed by atoms with Crippen molar-refractivity contribution in [3.63, 3.8) is 0 Å². The van der Waals surface area contributed by atoms with Gasteiger partial charge in [0.1, 0.15) is 5.75 Å². The van der Waals surface area contributed by atoms with Crippen molar-refractivity contribution in [2.45, 2.75) is 32.2 Å². The van der Waals surface area contributed by atoms with Crippen molar-refractivity contribution in [3.8, 4) is 5.75 Å². The molecule has 0 saturated heterocycles. The van der Waals surface area contributed by atoms with E-state index in [4.69, 9.17) is 0 Å². The lowest BCUT2D eigenvalue weighted by Crippen LogP contribution is -2.17. The van der Waals surface area contributed by atoms with Crippen molar-refractivity contribution in [3.05, 3.63) is 45.9 Å². The molecule has 0 amide bonds. The Morgan fingerprint density at radius 2 is 1.90 bits per heavy atom. The molecule has 1 atom stereocenters. The summed E-state index contributed by atoms with van der Waals surface area (Å²) in [4.78, 5) is 4.26. The Kier molecular flexibility index (Phi) is 4.84. The molecule has 114 valence electrons. The van der Waals surface area contributed by atoms with E-state index >= 15 is 0 Å². The van der Waals surface area contributed by atoms with Crippen LogP contribution in [-0.2, 0) is 12.8 Å². The van der Waals surface area contributed by atoms with E-state index in [0.717, 1.165) is 16.3 Å². The molecule has 0 fully saturated rings. The highest BCUT2D eigenvalue weighted by atomic mass is 32.1. The number of hydrogen-bond donors (Lipinski definition) is 1. The Bertz CT molecular complexity index is 581. The van der Waals surface area contributed by atoms with Crippen LogP contribution in [0, 0.1) is 6.92 Å². The van der Waals surface area contributed by atoms with Gasteiger partial charge in [0, 0.05) is 17.5 Å². The number of aromatic nitrogens is 1. The topological polar surface area (TPSA) is 42.4 Å². The van der Waals surface area contributed by atoms with Crippen LogP contribution in [-0.4, -0.2) is 22.6 Å². The average Bonchev–Trinajstić information content (AvgIpc) is 2.75. The molecule has 7 heteroatoms. The van der Waals surface area contributed by atoms with E-state index in [0.29, 0.717) is 12.8 Å². The zero-order valence-electron chi connectivity index (χ0n) is 11.2. The van der Waals surface area contributed by atoms with Gasteiger partial charge in [-0.25, -0.2) is 4.98 Å². The van der Waals surface area contributed by atoms with Crippen LogP contribution in [0.3, 0.4) is 0 Å². The fourth-order valence-electron chi connectivity index (χ4n) is 1.87. The Balaban J connectivity index is 1.90. The summed E-state index contributed by atoms with van der Waals surface area (Å²) in [5.74, 6) is -0.267. The van der Waals surface area contributed by atoms with Gasteiger partial charge < -0.3 is 9.84 Å². The predicted molar refractivity (Wildman–Crippen MR) is 73.4 cm³/mol. The number of aryl methyl sites for hydroxylation is 1. The third-order valence-electron chi connectivity index (χ3n) is 2.71. The van der Waals surface area contributed by atoms with Gasteiger partial charge in [-0.2, -0.15) is 0 Å². The summed E-state index contributed by atoms with van der Waals surface area (Å²) in [6, 6.07) is 5.50. The summed E-state index contributed by atoms with van der Waals surface area (Å²) in [6.07, 6.45) is -4.53. The van der Waals surface area contributed by atoms with Crippen molar-refractivity contribution in [1.29, 1.82) is 0 Å². The largest absolute Gasteiger partial charge is 0.573 e. The Morgan fingerprint density at radius 1 is 1.24 bits per heavy atom. The van der Waals surface area contributed by atoms with E-state index in [1.165, 1.54) is 35.6 Å². The zero-order valence-corrected chi connectivity index (χ0v) is 12.0. The van der Waals surface area contributed by atoms with E-state index in [2.05, 4.69) is 9.72 Å². The first kappa shape index (κ1) is 15.8. The number of nitrogens with zero attached hydrogens (tertiary/aromatic N) is 1. The molecule has 0 spiro atoms. The van der Waals surface area contributed by atoms with Crippen molar-refractivity contribution in [2.75, 3.05) is 0 Å². The van der Waals surface area contributed by atoms with E-state index in [1.807, 2.05) is 12.3 Å². The summed E-state index contributed by atoms with van der Waals surface area (Å²) in [5.41, 5.74) is 1.65. The third-order valence-corrected chi connectivity index (χ3v) is 3.69. The maximum atomic E-state index is 12.0. The summed E-state index contributed by atoms with van der Waals surface area (Å²) >= 11 is 1.48. The number of rotatable bonds is 5. The molecule has 1 aromatic carbocycles. The highest BCUT2D eigenvalue weighted by Gasteiger charge is 2.30. The molecule has 21 heavy (non-hydrogen) atoms. The van der Waals surface area contributed by atoms with Crippen LogP contribution in [0.5, 0.6) is 5.75 Å². The molecule has 3 nitrogen and oxygen atoms in total. The minimum Gasteiger partial charge on any atom is -0.406 e.